The van der Waals surface area contributed by atoms with Crippen molar-refractivity contribution in [3.05, 3.63) is 59.7 Å². The van der Waals surface area contributed by atoms with Crippen LogP contribution in [0.15, 0.2) is 48.5 Å². The average molecular weight is 439 g/mol. The van der Waals surface area contributed by atoms with Crippen LogP contribution in [0.25, 0.3) is 0 Å². The lowest BCUT2D eigenvalue weighted by Crippen LogP contribution is -2.48. The molecule has 0 spiro atoms. The zero-order valence-corrected chi connectivity index (χ0v) is 19.2. The number of hydrogen-bond acceptors (Lipinski definition) is 4. The van der Waals surface area contributed by atoms with Gasteiger partial charge in [0.2, 0.25) is 5.91 Å². The summed E-state index contributed by atoms with van der Waals surface area (Å²) in [7, 11) is 0. The molecule has 1 saturated heterocycles. The SMILES string of the molecule is Cc1ccc(C(=O)N2CCN(c3ccc(NC(=S)NC(=O)CC(C)C)cc3)CC2)cc1. The van der Waals surface area contributed by atoms with Gasteiger partial charge in [0.05, 0.1) is 0 Å². The Morgan fingerprint density at radius 3 is 2.16 bits per heavy atom. The summed E-state index contributed by atoms with van der Waals surface area (Å²) in [5, 5.41) is 6.06. The molecule has 1 fully saturated rings. The average Bonchev–Trinajstić information content (AvgIpc) is 2.74. The lowest BCUT2D eigenvalue weighted by Gasteiger charge is -2.36. The number of piperazine rings is 1. The predicted molar refractivity (Wildman–Crippen MR) is 130 cm³/mol. The van der Waals surface area contributed by atoms with Crippen molar-refractivity contribution in [2.24, 2.45) is 5.92 Å². The van der Waals surface area contributed by atoms with Crippen LogP contribution in [0.5, 0.6) is 0 Å². The van der Waals surface area contributed by atoms with Gasteiger partial charge in [0, 0.05) is 49.5 Å². The summed E-state index contributed by atoms with van der Waals surface area (Å²) in [6, 6.07) is 15.7. The van der Waals surface area contributed by atoms with E-state index in [0.29, 0.717) is 24.6 Å². The normalized spacial score (nSPS) is 13.8. The third-order valence-electron chi connectivity index (χ3n) is 5.20. The van der Waals surface area contributed by atoms with E-state index in [4.69, 9.17) is 12.2 Å². The number of amides is 2. The minimum absolute atomic E-state index is 0.0813. The molecule has 0 aliphatic carbocycles. The molecule has 7 heteroatoms. The van der Waals surface area contributed by atoms with Crippen molar-refractivity contribution in [2.45, 2.75) is 27.2 Å². The molecule has 1 heterocycles. The Hall–Kier alpha value is -2.93. The number of nitrogens with one attached hydrogen (secondary N) is 2. The van der Waals surface area contributed by atoms with Gasteiger partial charge in [0.1, 0.15) is 0 Å². The van der Waals surface area contributed by atoms with Crippen LogP contribution < -0.4 is 15.5 Å². The van der Waals surface area contributed by atoms with Gasteiger partial charge in [0.15, 0.2) is 5.11 Å². The Kier molecular flexibility index (Phi) is 7.63. The molecule has 2 N–H and O–H groups in total. The van der Waals surface area contributed by atoms with Crippen molar-refractivity contribution >= 4 is 40.5 Å². The topological polar surface area (TPSA) is 64.7 Å². The van der Waals surface area contributed by atoms with E-state index >= 15 is 0 Å². The number of anilines is 2. The predicted octanol–water partition coefficient (Wildman–Crippen LogP) is 3.82. The highest BCUT2D eigenvalue weighted by Crippen LogP contribution is 2.20. The molecule has 1 aliphatic rings. The van der Waals surface area contributed by atoms with E-state index in [0.717, 1.165) is 35.6 Å². The molecule has 6 nitrogen and oxygen atoms in total. The Bertz CT molecular complexity index is 918. The van der Waals surface area contributed by atoms with Crippen LogP contribution in [-0.4, -0.2) is 48.0 Å². The third-order valence-corrected chi connectivity index (χ3v) is 5.41. The molecule has 0 saturated carbocycles. The molecule has 2 aromatic rings. The van der Waals surface area contributed by atoms with E-state index in [1.54, 1.807) is 0 Å². The van der Waals surface area contributed by atoms with Gasteiger partial charge in [-0.3, -0.25) is 9.59 Å². The van der Waals surface area contributed by atoms with Crippen molar-refractivity contribution in [2.75, 3.05) is 36.4 Å². The Labute approximate surface area is 189 Å². The second-order valence-corrected chi connectivity index (χ2v) is 8.70. The molecular weight excluding hydrogens is 408 g/mol. The smallest absolute Gasteiger partial charge is 0.253 e. The maximum absolute atomic E-state index is 12.7. The number of carbonyl (C=O) groups excluding carboxylic acids is 2. The molecular formula is C24H30N4O2S. The Morgan fingerprint density at radius 2 is 1.58 bits per heavy atom. The fourth-order valence-electron chi connectivity index (χ4n) is 3.51. The maximum atomic E-state index is 12.7. The number of carbonyl (C=O) groups is 2. The number of hydrogen-bond donors (Lipinski definition) is 2. The molecule has 0 aromatic heterocycles. The highest BCUT2D eigenvalue weighted by Gasteiger charge is 2.22. The molecule has 2 amide bonds. The monoisotopic (exact) mass is 438 g/mol. The quantitative estimate of drug-likeness (QED) is 0.695. The first-order valence-corrected chi connectivity index (χ1v) is 11.0. The van der Waals surface area contributed by atoms with Crippen molar-refractivity contribution in [1.82, 2.24) is 10.2 Å². The van der Waals surface area contributed by atoms with Gasteiger partial charge in [-0.2, -0.15) is 0 Å². The number of thiocarbonyl (C=S) groups is 1. The van der Waals surface area contributed by atoms with Crippen LogP contribution in [0.1, 0.15) is 36.2 Å². The lowest BCUT2D eigenvalue weighted by molar-refractivity contribution is -0.120. The maximum Gasteiger partial charge on any atom is 0.253 e. The van der Waals surface area contributed by atoms with E-state index in [1.165, 1.54) is 0 Å². The van der Waals surface area contributed by atoms with E-state index < -0.39 is 0 Å². The van der Waals surface area contributed by atoms with Gasteiger partial charge in [-0.1, -0.05) is 31.5 Å². The summed E-state index contributed by atoms with van der Waals surface area (Å²) >= 11 is 5.22. The molecule has 3 rings (SSSR count). The summed E-state index contributed by atoms with van der Waals surface area (Å²) in [6.45, 7) is 8.96. The van der Waals surface area contributed by atoms with Crippen molar-refractivity contribution in [1.29, 1.82) is 0 Å². The van der Waals surface area contributed by atoms with E-state index in [-0.39, 0.29) is 17.7 Å². The molecule has 0 radical (unpaired) electrons. The Balaban J connectivity index is 1.50. The fraction of sp³-hybridized carbons (Fsp3) is 0.375. The van der Waals surface area contributed by atoms with Gasteiger partial charge in [-0.15, -0.1) is 0 Å². The Morgan fingerprint density at radius 1 is 0.968 bits per heavy atom. The summed E-state index contributed by atoms with van der Waals surface area (Å²) in [5.74, 6) is 0.295. The number of nitrogens with zero attached hydrogens (tertiary/aromatic N) is 2. The number of aryl methyl sites for hydroxylation is 1. The van der Waals surface area contributed by atoms with E-state index in [1.807, 2.05) is 74.2 Å². The minimum Gasteiger partial charge on any atom is -0.368 e. The van der Waals surface area contributed by atoms with Crippen molar-refractivity contribution in [3.8, 4) is 0 Å². The van der Waals surface area contributed by atoms with Gasteiger partial charge >= 0.3 is 0 Å². The van der Waals surface area contributed by atoms with Crippen LogP contribution in [0.2, 0.25) is 0 Å². The molecule has 164 valence electrons. The molecule has 2 aromatic carbocycles. The first-order valence-electron chi connectivity index (χ1n) is 10.6. The zero-order chi connectivity index (χ0) is 22.4. The van der Waals surface area contributed by atoms with Crippen molar-refractivity contribution in [3.63, 3.8) is 0 Å². The van der Waals surface area contributed by atoms with Crippen LogP contribution in [0.4, 0.5) is 11.4 Å². The highest BCUT2D eigenvalue weighted by atomic mass is 32.1. The molecule has 0 unspecified atom stereocenters. The van der Waals surface area contributed by atoms with Crippen LogP contribution in [-0.2, 0) is 4.79 Å². The zero-order valence-electron chi connectivity index (χ0n) is 18.4. The molecule has 1 aliphatic heterocycles. The fourth-order valence-corrected chi connectivity index (χ4v) is 3.74. The van der Waals surface area contributed by atoms with Crippen LogP contribution in [0.3, 0.4) is 0 Å². The minimum atomic E-state index is -0.0813. The summed E-state index contributed by atoms with van der Waals surface area (Å²) < 4.78 is 0. The second-order valence-electron chi connectivity index (χ2n) is 8.29. The van der Waals surface area contributed by atoms with E-state index in [2.05, 4.69) is 15.5 Å². The number of benzene rings is 2. The first kappa shape index (κ1) is 22.7. The second kappa shape index (κ2) is 10.4. The summed E-state index contributed by atoms with van der Waals surface area (Å²) in [4.78, 5) is 28.7. The standard InChI is InChI=1S/C24H30N4O2S/c1-17(2)16-22(29)26-24(31)25-20-8-10-21(11-9-20)27-12-14-28(15-13-27)23(30)19-6-4-18(3)5-7-19/h4-11,17H,12-16H2,1-3H3,(H2,25,26,29,31). The van der Waals surface area contributed by atoms with Gasteiger partial charge < -0.3 is 20.4 Å². The molecule has 0 bridgehead atoms. The van der Waals surface area contributed by atoms with Crippen molar-refractivity contribution < 1.29 is 9.59 Å². The summed E-state index contributed by atoms with van der Waals surface area (Å²) in [5.41, 5.74) is 3.82. The van der Waals surface area contributed by atoms with E-state index in [9.17, 15) is 9.59 Å². The molecule has 31 heavy (non-hydrogen) atoms. The van der Waals surface area contributed by atoms with Gasteiger partial charge in [0.25, 0.3) is 5.91 Å². The first-order chi connectivity index (χ1) is 14.8. The largest absolute Gasteiger partial charge is 0.368 e. The van der Waals surface area contributed by atoms with Crippen LogP contribution in [0, 0.1) is 12.8 Å². The number of rotatable bonds is 5. The van der Waals surface area contributed by atoms with Gasteiger partial charge in [-0.25, -0.2) is 0 Å². The van der Waals surface area contributed by atoms with Crippen LogP contribution >= 0.6 is 12.2 Å². The summed E-state index contributed by atoms with van der Waals surface area (Å²) in [6.07, 6.45) is 0.444. The lowest BCUT2D eigenvalue weighted by atomic mass is 10.1. The molecule has 0 atom stereocenters. The highest BCUT2D eigenvalue weighted by molar-refractivity contribution is 7.80. The third kappa shape index (κ3) is 6.52. The van der Waals surface area contributed by atoms with Gasteiger partial charge in [-0.05, 0) is 61.5 Å².